The largest absolute Gasteiger partial charge is 0.317 e. The molecule has 1 aliphatic heterocycles. The van der Waals surface area contributed by atoms with E-state index in [2.05, 4.69) is 32.2 Å². The van der Waals surface area contributed by atoms with Crippen LogP contribution in [0.5, 0.6) is 0 Å². The van der Waals surface area contributed by atoms with Gasteiger partial charge in [-0.05, 0) is 38.4 Å². The maximum atomic E-state index is 11.9. The average molecular weight is 290 g/mol. The van der Waals surface area contributed by atoms with Crippen LogP contribution in [0.2, 0.25) is 0 Å². The zero-order valence-corrected chi connectivity index (χ0v) is 12.4. The van der Waals surface area contributed by atoms with Gasteiger partial charge < -0.3 is 5.32 Å². The Bertz CT molecular complexity index is 642. The molecule has 0 spiro atoms. The predicted molar refractivity (Wildman–Crippen MR) is 80.2 cm³/mol. The maximum Gasteiger partial charge on any atom is 0.274 e. The number of H-pyrrole nitrogens is 1. The molecule has 2 N–H and O–H groups in total. The lowest BCUT2D eigenvalue weighted by molar-refractivity contribution is 0.205. The van der Waals surface area contributed by atoms with Gasteiger partial charge in [-0.25, -0.2) is 9.97 Å². The molecule has 0 atom stereocenters. The maximum absolute atomic E-state index is 11.9. The number of hydrogen-bond donors (Lipinski definition) is 2. The lowest BCUT2D eigenvalue weighted by atomic mass is 9.97. The fraction of sp³-hybridized carbons (Fsp3) is 0.643. The van der Waals surface area contributed by atoms with Crippen molar-refractivity contribution < 1.29 is 0 Å². The Morgan fingerprint density at radius 3 is 3.00 bits per heavy atom. The van der Waals surface area contributed by atoms with Crippen molar-refractivity contribution in [1.82, 2.24) is 29.8 Å². The van der Waals surface area contributed by atoms with E-state index in [0.29, 0.717) is 12.3 Å². The van der Waals surface area contributed by atoms with Crippen LogP contribution in [0.4, 0.5) is 0 Å². The summed E-state index contributed by atoms with van der Waals surface area (Å²) in [5.74, 6) is 1.18. The third-order valence-electron chi connectivity index (χ3n) is 4.13. The van der Waals surface area contributed by atoms with Gasteiger partial charge in [-0.1, -0.05) is 6.92 Å². The van der Waals surface area contributed by atoms with Gasteiger partial charge in [0.15, 0.2) is 0 Å². The van der Waals surface area contributed by atoms with Gasteiger partial charge in [-0.3, -0.25) is 14.8 Å². The first-order chi connectivity index (χ1) is 10.3. The van der Waals surface area contributed by atoms with E-state index < -0.39 is 0 Å². The van der Waals surface area contributed by atoms with Crippen LogP contribution in [0.25, 0.3) is 5.78 Å². The number of nitrogens with one attached hydrogen (secondary N) is 2. The first-order valence-electron chi connectivity index (χ1n) is 7.61. The highest BCUT2D eigenvalue weighted by molar-refractivity contribution is 5.25. The molecule has 0 aromatic carbocycles. The molecule has 3 heterocycles. The van der Waals surface area contributed by atoms with Crippen LogP contribution in [0.1, 0.15) is 25.5 Å². The first kappa shape index (κ1) is 14.2. The minimum atomic E-state index is -0.106. The molecule has 0 saturated carbocycles. The van der Waals surface area contributed by atoms with Crippen molar-refractivity contribution in [2.45, 2.75) is 26.3 Å². The lowest BCUT2D eigenvalue weighted by Crippen LogP contribution is -2.36. The van der Waals surface area contributed by atoms with Crippen molar-refractivity contribution in [3.8, 4) is 0 Å². The number of aromatic amines is 1. The van der Waals surface area contributed by atoms with Gasteiger partial charge >= 0.3 is 0 Å². The van der Waals surface area contributed by atoms with Crippen LogP contribution in [0.3, 0.4) is 0 Å². The fourth-order valence-electron chi connectivity index (χ4n) is 2.91. The quantitative estimate of drug-likeness (QED) is 0.825. The second kappa shape index (κ2) is 6.36. The second-order valence-electron chi connectivity index (χ2n) is 5.63. The molecule has 0 unspecified atom stereocenters. The molecule has 7 heteroatoms. The van der Waals surface area contributed by atoms with Crippen molar-refractivity contribution in [2.24, 2.45) is 5.92 Å². The molecule has 1 fully saturated rings. The summed E-state index contributed by atoms with van der Waals surface area (Å²) in [5.41, 5.74) is 0.688. The number of piperidine rings is 1. The average Bonchev–Trinajstić information content (AvgIpc) is 2.96. The standard InChI is InChI=1S/C14H22N6O/c1-2-19(8-11-3-5-15-6-4-11)9-12-7-13(21)20-14(18-12)16-10-17-20/h7,10-11,15H,2-6,8-9H2,1H3,(H,16,17,18). The van der Waals surface area contributed by atoms with E-state index in [9.17, 15) is 4.79 Å². The van der Waals surface area contributed by atoms with Crippen molar-refractivity contribution in [3.05, 3.63) is 28.4 Å². The van der Waals surface area contributed by atoms with Gasteiger partial charge in [0.2, 0.25) is 0 Å². The Labute approximate surface area is 123 Å². The van der Waals surface area contributed by atoms with Gasteiger partial charge in [0.1, 0.15) is 6.33 Å². The van der Waals surface area contributed by atoms with Crippen molar-refractivity contribution in [2.75, 3.05) is 26.2 Å². The molecule has 21 heavy (non-hydrogen) atoms. The third kappa shape index (κ3) is 3.30. The lowest BCUT2D eigenvalue weighted by Gasteiger charge is -2.29. The molecule has 3 rings (SSSR count). The summed E-state index contributed by atoms with van der Waals surface area (Å²) in [6.45, 7) is 7.12. The normalized spacial score (nSPS) is 16.9. The fourth-order valence-corrected chi connectivity index (χ4v) is 2.91. The third-order valence-corrected chi connectivity index (χ3v) is 4.13. The molecule has 0 bridgehead atoms. The van der Waals surface area contributed by atoms with Crippen LogP contribution in [-0.2, 0) is 6.54 Å². The van der Waals surface area contributed by atoms with E-state index in [4.69, 9.17) is 0 Å². The monoisotopic (exact) mass is 290 g/mol. The van der Waals surface area contributed by atoms with Crippen LogP contribution < -0.4 is 10.9 Å². The summed E-state index contributed by atoms with van der Waals surface area (Å²) < 4.78 is 1.35. The second-order valence-corrected chi connectivity index (χ2v) is 5.63. The van der Waals surface area contributed by atoms with Crippen molar-refractivity contribution >= 4 is 5.78 Å². The molecule has 1 saturated heterocycles. The summed E-state index contributed by atoms with van der Waals surface area (Å²) >= 11 is 0. The van der Waals surface area contributed by atoms with Crippen LogP contribution in [-0.4, -0.2) is 50.7 Å². The van der Waals surface area contributed by atoms with Gasteiger partial charge in [-0.2, -0.15) is 4.52 Å². The Morgan fingerprint density at radius 2 is 2.24 bits per heavy atom. The highest BCUT2D eigenvalue weighted by atomic mass is 16.1. The SMILES string of the molecule is CCN(Cc1cc(=O)n2[nH]cnc2n1)CC1CCNCC1. The molecule has 114 valence electrons. The highest BCUT2D eigenvalue weighted by Gasteiger charge is 2.17. The molecular formula is C14H22N6O. The molecule has 0 radical (unpaired) electrons. The Morgan fingerprint density at radius 1 is 1.43 bits per heavy atom. The van der Waals surface area contributed by atoms with Gasteiger partial charge in [0, 0.05) is 19.2 Å². The summed E-state index contributed by atoms with van der Waals surface area (Å²) in [7, 11) is 0. The number of rotatable bonds is 5. The molecule has 0 amide bonds. The van der Waals surface area contributed by atoms with Crippen molar-refractivity contribution in [1.29, 1.82) is 0 Å². The van der Waals surface area contributed by atoms with E-state index in [0.717, 1.165) is 37.8 Å². The highest BCUT2D eigenvalue weighted by Crippen LogP contribution is 2.14. The van der Waals surface area contributed by atoms with Crippen molar-refractivity contribution in [3.63, 3.8) is 0 Å². The van der Waals surface area contributed by atoms with Crippen LogP contribution in [0, 0.1) is 5.92 Å². The van der Waals surface area contributed by atoms with E-state index in [1.807, 2.05) is 0 Å². The summed E-state index contributed by atoms with van der Waals surface area (Å²) in [5, 5.41) is 6.15. The Hall–Kier alpha value is -1.73. The van der Waals surface area contributed by atoms with E-state index in [1.165, 1.54) is 23.7 Å². The number of nitrogens with zero attached hydrogens (tertiary/aromatic N) is 4. The van der Waals surface area contributed by atoms with Crippen LogP contribution >= 0.6 is 0 Å². The topological polar surface area (TPSA) is 78.3 Å². The molecular weight excluding hydrogens is 268 g/mol. The summed E-state index contributed by atoms with van der Waals surface area (Å²) in [6, 6.07) is 1.59. The van der Waals surface area contributed by atoms with Crippen LogP contribution in [0.15, 0.2) is 17.2 Å². The Balaban J connectivity index is 1.70. The van der Waals surface area contributed by atoms with Gasteiger partial charge in [-0.15, -0.1) is 0 Å². The number of fused-ring (bicyclic) bond motifs is 1. The predicted octanol–water partition coefficient (Wildman–Crippen LogP) is 0.239. The minimum Gasteiger partial charge on any atom is -0.317 e. The zero-order valence-electron chi connectivity index (χ0n) is 12.4. The van der Waals surface area contributed by atoms with Gasteiger partial charge in [0.25, 0.3) is 11.3 Å². The smallest absolute Gasteiger partial charge is 0.274 e. The number of aromatic nitrogens is 4. The first-order valence-corrected chi connectivity index (χ1v) is 7.61. The summed E-state index contributed by atoms with van der Waals surface area (Å²) in [4.78, 5) is 22.8. The minimum absolute atomic E-state index is 0.106. The number of hydrogen-bond acceptors (Lipinski definition) is 5. The molecule has 1 aliphatic rings. The van der Waals surface area contributed by atoms with E-state index in [1.54, 1.807) is 6.07 Å². The van der Waals surface area contributed by atoms with E-state index in [-0.39, 0.29) is 5.56 Å². The molecule has 2 aromatic rings. The van der Waals surface area contributed by atoms with E-state index >= 15 is 0 Å². The molecule has 2 aromatic heterocycles. The molecule has 0 aliphatic carbocycles. The summed E-state index contributed by atoms with van der Waals surface area (Å²) in [6.07, 6.45) is 3.94. The van der Waals surface area contributed by atoms with Gasteiger partial charge in [0.05, 0.1) is 5.69 Å². The zero-order chi connectivity index (χ0) is 14.7. The molecule has 7 nitrogen and oxygen atoms in total. The Kier molecular flexibility index (Phi) is 4.31.